The molecular weight excluding hydrogens is 430 g/mol. The van der Waals surface area contributed by atoms with Crippen molar-refractivity contribution in [2.45, 2.75) is 6.54 Å². The third-order valence-electron chi connectivity index (χ3n) is 3.68. The summed E-state index contributed by atoms with van der Waals surface area (Å²) in [6, 6.07) is 13.5. The first kappa shape index (κ1) is 19.2. The molecule has 2 aromatic carbocycles. The van der Waals surface area contributed by atoms with Crippen LogP contribution in [0.5, 0.6) is 5.75 Å². The molecule has 0 aliphatic carbocycles. The van der Waals surface area contributed by atoms with Crippen LogP contribution in [0.2, 0.25) is 0 Å². The molecule has 0 saturated heterocycles. The SMILES string of the molecule is O=C(NN=Cc1ccc(O)cc1)c1nn(Cc2ccc(Br)cc2)cc1[N+](=O)[O-]. The second kappa shape index (κ2) is 8.44. The molecule has 0 fully saturated rings. The van der Waals surface area contributed by atoms with E-state index >= 15 is 0 Å². The zero-order valence-electron chi connectivity index (χ0n) is 14.3. The molecule has 10 heteroatoms. The average molecular weight is 444 g/mol. The van der Waals surface area contributed by atoms with Crippen molar-refractivity contribution in [3.63, 3.8) is 0 Å². The van der Waals surface area contributed by atoms with Gasteiger partial charge in [-0.1, -0.05) is 28.1 Å². The largest absolute Gasteiger partial charge is 0.508 e. The zero-order chi connectivity index (χ0) is 20.1. The lowest BCUT2D eigenvalue weighted by Crippen LogP contribution is -2.19. The van der Waals surface area contributed by atoms with Crippen molar-refractivity contribution in [2.75, 3.05) is 0 Å². The monoisotopic (exact) mass is 443 g/mol. The summed E-state index contributed by atoms with van der Waals surface area (Å²) in [5.74, 6) is -0.690. The van der Waals surface area contributed by atoms with E-state index in [1.807, 2.05) is 24.3 Å². The quantitative estimate of drug-likeness (QED) is 0.344. The number of nitrogens with zero attached hydrogens (tertiary/aromatic N) is 4. The van der Waals surface area contributed by atoms with Gasteiger partial charge < -0.3 is 5.11 Å². The highest BCUT2D eigenvalue weighted by Crippen LogP contribution is 2.18. The van der Waals surface area contributed by atoms with Gasteiger partial charge in [0.1, 0.15) is 11.9 Å². The first-order valence-electron chi connectivity index (χ1n) is 8.01. The number of aromatic nitrogens is 2. The molecule has 1 amide bonds. The van der Waals surface area contributed by atoms with Crippen LogP contribution in [0, 0.1) is 10.1 Å². The number of nitrogens with one attached hydrogen (secondary N) is 1. The fourth-order valence-electron chi connectivity index (χ4n) is 2.34. The predicted molar refractivity (Wildman–Crippen MR) is 105 cm³/mol. The highest BCUT2D eigenvalue weighted by Gasteiger charge is 2.25. The van der Waals surface area contributed by atoms with E-state index in [1.54, 1.807) is 12.1 Å². The molecule has 0 saturated carbocycles. The molecule has 0 atom stereocenters. The highest BCUT2D eigenvalue weighted by atomic mass is 79.9. The van der Waals surface area contributed by atoms with E-state index in [-0.39, 0.29) is 18.0 Å². The van der Waals surface area contributed by atoms with Gasteiger partial charge in [-0.3, -0.25) is 19.6 Å². The molecule has 9 nitrogen and oxygen atoms in total. The van der Waals surface area contributed by atoms with Crippen molar-refractivity contribution in [3.8, 4) is 5.75 Å². The summed E-state index contributed by atoms with van der Waals surface area (Å²) in [6.45, 7) is 0.276. The van der Waals surface area contributed by atoms with E-state index < -0.39 is 16.5 Å². The van der Waals surface area contributed by atoms with Gasteiger partial charge in [0.15, 0.2) is 0 Å². The number of rotatable bonds is 6. The summed E-state index contributed by atoms with van der Waals surface area (Å²) in [7, 11) is 0. The van der Waals surface area contributed by atoms with Crippen molar-refractivity contribution >= 4 is 33.7 Å². The van der Waals surface area contributed by atoms with Crippen molar-refractivity contribution in [1.29, 1.82) is 0 Å². The number of carbonyl (C=O) groups is 1. The second-order valence-corrected chi connectivity index (χ2v) is 6.65. The number of carbonyl (C=O) groups excluding carboxylic acids is 1. The number of halogens is 1. The van der Waals surface area contributed by atoms with Gasteiger partial charge in [0.05, 0.1) is 17.7 Å². The number of nitro groups is 1. The minimum absolute atomic E-state index is 0.105. The molecule has 1 aromatic heterocycles. The molecule has 142 valence electrons. The van der Waals surface area contributed by atoms with E-state index in [0.717, 1.165) is 10.0 Å². The van der Waals surface area contributed by atoms with Crippen LogP contribution in [0.1, 0.15) is 21.6 Å². The fraction of sp³-hybridized carbons (Fsp3) is 0.0556. The Hall–Kier alpha value is -3.53. The van der Waals surface area contributed by atoms with Gasteiger partial charge in [-0.25, -0.2) is 5.43 Å². The van der Waals surface area contributed by atoms with Gasteiger partial charge in [-0.05, 0) is 47.5 Å². The molecule has 0 radical (unpaired) electrons. The van der Waals surface area contributed by atoms with Gasteiger partial charge >= 0.3 is 5.69 Å². The maximum absolute atomic E-state index is 12.3. The van der Waals surface area contributed by atoms with Crippen LogP contribution in [0.15, 0.2) is 64.3 Å². The maximum atomic E-state index is 12.3. The van der Waals surface area contributed by atoms with Crippen molar-refractivity contribution in [2.24, 2.45) is 5.10 Å². The summed E-state index contributed by atoms with van der Waals surface area (Å²) in [6.07, 6.45) is 2.56. The Morgan fingerprint density at radius 3 is 2.57 bits per heavy atom. The molecular formula is C18H14BrN5O4. The lowest BCUT2D eigenvalue weighted by Gasteiger charge is -2.01. The van der Waals surface area contributed by atoms with Crippen LogP contribution in [-0.2, 0) is 6.54 Å². The van der Waals surface area contributed by atoms with Crippen LogP contribution in [0.25, 0.3) is 0 Å². The molecule has 2 N–H and O–H groups in total. The molecule has 0 aliphatic heterocycles. The molecule has 3 aromatic rings. The fourth-order valence-corrected chi connectivity index (χ4v) is 2.61. The smallest absolute Gasteiger partial charge is 0.320 e. The van der Waals surface area contributed by atoms with Crippen LogP contribution in [0.4, 0.5) is 5.69 Å². The number of benzene rings is 2. The van der Waals surface area contributed by atoms with Crippen LogP contribution in [-0.4, -0.2) is 31.9 Å². The normalized spacial score (nSPS) is 10.9. The predicted octanol–water partition coefficient (Wildman–Crippen LogP) is 3.07. The molecule has 3 rings (SSSR count). The first-order chi connectivity index (χ1) is 13.4. The number of hydrazone groups is 1. The average Bonchev–Trinajstić information content (AvgIpc) is 3.09. The summed E-state index contributed by atoms with van der Waals surface area (Å²) in [4.78, 5) is 22.9. The molecule has 0 aliphatic rings. The Kier molecular flexibility index (Phi) is 5.80. The van der Waals surface area contributed by atoms with E-state index in [4.69, 9.17) is 0 Å². The van der Waals surface area contributed by atoms with E-state index in [9.17, 15) is 20.0 Å². The lowest BCUT2D eigenvalue weighted by molar-refractivity contribution is -0.385. The van der Waals surface area contributed by atoms with Gasteiger partial charge in [0.2, 0.25) is 5.69 Å². The van der Waals surface area contributed by atoms with Gasteiger partial charge in [0.25, 0.3) is 5.91 Å². The minimum Gasteiger partial charge on any atom is -0.508 e. The lowest BCUT2D eigenvalue weighted by atomic mass is 10.2. The zero-order valence-corrected chi connectivity index (χ0v) is 15.9. The molecule has 0 bridgehead atoms. The first-order valence-corrected chi connectivity index (χ1v) is 8.80. The Balaban J connectivity index is 1.74. The summed E-state index contributed by atoms with van der Waals surface area (Å²) in [5.41, 5.74) is 2.99. The number of hydrogen-bond acceptors (Lipinski definition) is 6. The van der Waals surface area contributed by atoms with Crippen molar-refractivity contribution < 1.29 is 14.8 Å². The maximum Gasteiger partial charge on any atom is 0.320 e. The Morgan fingerprint density at radius 1 is 1.25 bits per heavy atom. The summed E-state index contributed by atoms with van der Waals surface area (Å²) < 4.78 is 2.24. The standard InChI is InChI=1S/C18H14BrN5O4/c19-14-5-1-13(2-6-14)10-23-11-16(24(27)28)17(22-23)18(26)21-20-9-12-3-7-15(25)8-4-12/h1-9,11,25H,10H2,(H,21,26). The molecule has 28 heavy (non-hydrogen) atoms. The molecule has 0 spiro atoms. The number of hydrogen-bond donors (Lipinski definition) is 2. The topological polar surface area (TPSA) is 123 Å². The number of phenols is 1. The van der Waals surface area contributed by atoms with E-state index in [0.29, 0.717) is 5.56 Å². The van der Waals surface area contributed by atoms with Crippen LogP contribution < -0.4 is 5.43 Å². The highest BCUT2D eigenvalue weighted by molar-refractivity contribution is 9.10. The Labute approximate surface area is 167 Å². The molecule has 1 heterocycles. The summed E-state index contributed by atoms with van der Waals surface area (Å²) >= 11 is 3.34. The second-order valence-electron chi connectivity index (χ2n) is 5.73. The molecule has 0 unspecified atom stereocenters. The Morgan fingerprint density at radius 2 is 1.93 bits per heavy atom. The summed E-state index contributed by atoms with van der Waals surface area (Å²) in [5, 5.41) is 28.3. The van der Waals surface area contributed by atoms with Crippen LogP contribution in [0.3, 0.4) is 0 Å². The third-order valence-corrected chi connectivity index (χ3v) is 4.21. The van der Waals surface area contributed by atoms with Crippen molar-refractivity contribution in [1.82, 2.24) is 15.2 Å². The number of amides is 1. The van der Waals surface area contributed by atoms with Gasteiger partial charge in [0, 0.05) is 4.47 Å². The van der Waals surface area contributed by atoms with Gasteiger partial charge in [-0.15, -0.1) is 0 Å². The van der Waals surface area contributed by atoms with E-state index in [1.165, 1.54) is 29.2 Å². The number of phenolic OH excluding ortho intramolecular Hbond substituents is 1. The Bertz CT molecular complexity index is 1030. The minimum atomic E-state index is -0.795. The number of aromatic hydroxyl groups is 1. The van der Waals surface area contributed by atoms with E-state index in [2.05, 4.69) is 31.6 Å². The van der Waals surface area contributed by atoms with Gasteiger partial charge in [-0.2, -0.15) is 10.2 Å². The van der Waals surface area contributed by atoms with Crippen LogP contribution >= 0.6 is 15.9 Å². The third kappa shape index (κ3) is 4.80. The van der Waals surface area contributed by atoms with Crippen molar-refractivity contribution in [3.05, 3.63) is 86.1 Å².